The Hall–Kier alpha value is -1.15. The number of carboxylic acids is 1. The molecule has 1 aliphatic rings. The molecule has 1 saturated heterocycles. The maximum atomic E-state index is 12.7. The van der Waals surface area contributed by atoms with Gasteiger partial charge in [-0.1, -0.05) is 23.7 Å². The number of likely N-dealkylation sites (N-methyl/N-ethyl adjacent to an activating group) is 1. The van der Waals surface area contributed by atoms with Gasteiger partial charge in [-0.15, -0.1) is 0 Å². The second-order valence-corrected chi connectivity index (χ2v) is 8.12. The minimum absolute atomic E-state index is 0.0406. The highest BCUT2D eigenvalue weighted by atomic mass is 35.5. The Morgan fingerprint density at radius 1 is 1.39 bits per heavy atom. The van der Waals surface area contributed by atoms with E-state index in [-0.39, 0.29) is 22.5 Å². The molecule has 0 saturated carbocycles. The summed E-state index contributed by atoms with van der Waals surface area (Å²) in [6.07, 6.45) is 1.21. The van der Waals surface area contributed by atoms with Gasteiger partial charge < -0.3 is 5.11 Å². The average Bonchev–Trinajstić information content (AvgIpc) is 2.49. The zero-order chi connectivity index (χ0) is 17.2. The first kappa shape index (κ1) is 18.2. The predicted octanol–water partition coefficient (Wildman–Crippen LogP) is 1.82. The summed E-state index contributed by atoms with van der Waals surface area (Å²) in [7, 11) is -1.87. The number of sulfonamides is 1. The van der Waals surface area contributed by atoms with Crippen LogP contribution in [0.25, 0.3) is 0 Å². The molecule has 128 valence electrons. The fourth-order valence-corrected chi connectivity index (χ4v) is 4.85. The van der Waals surface area contributed by atoms with E-state index in [1.54, 1.807) is 31.0 Å². The highest BCUT2D eigenvalue weighted by Crippen LogP contribution is 2.29. The minimum Gasteiger partial charge on any atom is -0.480 e. The van der Waals surface area contributed by atoms with Gasteiger partial charge in [0.05, 0.1) is 11.6 Å². The molecule has 0 unspecified atom stereocenters. The summed E-state index contributed by atoms with van der Waals surface area (Å²) in [5.41, 5.74) is 0.726. The summed E-state index contributed by atoms with van der Waals surface area (Å²) in [4.78, 5) is 12.7. The lowest BCUT2D eigenvalue weighted by Gasteiger charge is -2.35. The first-order valence-corrected chi connectivity index (χ1v) is 9.22. The Balaban J connectivity index is 2.10. The van der Waals surface area contributed by atoms with Crippen molar-refractivity contribution in [1.82, 2.24) is 9.21 Å². The van der Waals surface area contributed by atoms with Crippen molar-refractivity contribution in [3.05, 3.63) is 28.8 Å². The van der Waals surface area contributed by atoms with Gasteiger partial charge in [0.2, 0.25) is 10.0 Å². The number of carboxylic acid groups (broad SMARTS) is 1. The molecule has 0 aromatic heterocycles. The molecule has 1 fully saturated rings. The molecule has 1 N–H and O–H groups in total. The van der Waals surface area contributed by atoms with Crippen LogP contribution in [0, 0.1) is 6.92 Å². The number of hydrogen-bond acceptors (Lipinski definition) is 4. The fraction of sp³-hybridized carbons (Fsp3) is 0.533. The lowest BCUT2D eigenvalue weighted by Crippen LogP contribution is -2.46. The third-order valence-corrected chi connectivity index (χ3v) is 6.76. The van der Waals surface area contributed by atoms with E-state index in [1.807, 2.05) is 0 Å². The van der Waals surface area contributed by atoms with Crippen LogP contribution in [0.4, 0.5) is 0 Å². The molecule has 1 aromatic carbocycles. The number of hydrogen-bond donors (Lipinski definition) is 1. The van der Waals surface area contributed by atoms with E-state index in [1.165, 1.54) is 10.4 Å². The normalized spacial score (nSPS) is 17.6. The van der Waals surface area contributed by atoms with Crippen molar-refractivity contribution in [3.8, 4) is 0 Å². The molecule has 1 aromatic rings. The van der Waals surface area contributed by atoms with Gasteiger partial charge in [-0.05, 0) is 38.4 Å². The Bertz CT molecular complexity index is 685. The number of benzene rings is 1. The Morgan fingerprint density at radius 3 is 2.57 bits per heavy atom. The van der Waals surface area contributed by atoms with Crippen molar-refractivity contribution in [2.45, 2.75) is 30.7 Å². The summed E-state index contributed by atoms with van der Waals surface area (Å²) < 4.78 is 26.9. The molecule has 1 heterocycles. The Labute approximate surface area is 141 Å². The van der Waals surface area contributed by atoms with E-state index in [2.05, 4.69) is 0 Å². The fourth-order valence-electron chi connectivity index (χ4n) is 2.82. The van der Waals surface area contributed by atoms with Gasteiger partial charge >= 0.3 is 5.97 Å². The van der Waals surface area contributed by atoms with Crippen LogP contribution < -0.4 is 0 Å². The zero-order valence-electron chi connectivity index (χ0n) is 13.2. The van der Waals surface area contributed by atoms with Crippen LogP contribution in [0.1, 0.15) is 18.4 Å². The van der Waals surface area contributed by atoms with Crippen molar-refractivity contribution in [3.63, 3.8) is 0 Å². The van der Waals surface area contributed by atoms with Crippen LogP contribution in [-0.2, 0) is 14.8 Å². The Morgan fingerprint density at radius 2 is 2.00 bits per heavy atom. The van der Waals surface area contributed by atoms with Crippen LogP contribution in [-0.4, -0.2) is 61.4 Å². The lowest BCUT2D eigenvalue weighted by atomic mass is 10.1. The van der Waals surface area contributed by atoms with E-state index in [4.69, 9.17) is 16.7 Å². The molecule has 0 amide bonds. The zero-order valence-corrected chi connectivity index (χ0v) is 14.8. The summed E-state index contributed by atoms with van der Waals surface area (Å²) >= 11 is 6.15. The second kappa shape index (κ2) is 7.17. The van der Waals surface area contributed by atoms with Crippen molar-refractivity contribution in [1.29, 1.82) is 0 Å². The van der Waals surface area contributed by atoms with Gasteiger partial charge in [0.15, 0.2) is 0 Å². The third kappa shape index (κ3) is 4.03. The summed E-state index contributed by atoms with van der Waals surface area (Å²) in [6, 6.07) is 5.05. The van der Waals surface area contributed by atoms with Crippen LogP contribution in [0.3, 0.4) is 0 Å². The standard InChI is InChI=1S/C15H21ClN2O4S/c1-11-4-3-5-13(15(11)16)23(21,22)18-8-6-12(7-9-18)17(2)10-14(19)20/h3-5,12H,6-10H2,1-2H3,(H,19,20). The molecule has 23 heavy (non-hydrogen) atoms. The van der Waals surface area contributed by atoms with Crippen molar-refractivity contribution >= 4 is 27.6 Å². The molecular weight excluding hydrogens is 340 g/mol. The van der Waals surface area contributed by atoms with Crippen molar-refractivity contribution < 1.29 is 18.3 Å². The quantitative estimate of drug-likeness (QED) is 0.866. The average molecular weight is 361 g/mol. The molecule has 0 atom stereocenters. The maximum absolute atomic E-state index is 12.7. The maximum Gasteiger partial charge on any atom is 0.317 e. The summed E-state index contributed by atoms with van der Waals surface area (Å²) in [5, 5.41) is 9.10. The third-order valence-electron chi connectivity index (χ3n) is 4.21. The van der Waals surface area contributed by atoms with Crippen LogP contribution in [0.5, 0.6) is 0 Å². The molecule has 1 aliphatic heterocycles. The van der Waals surface area contributed by atoms with E-state index in [9.17, 15) is 13.2 Å². The molecule has 8 heteroatoms. The number of aryl methyl sites for hydroxylation is 1. The largest absolute Gasteiger partial charge is 0.480 e. The summed E-state index contributed by atoms with van der Waals surface area (Å²) in [6.45, 7) is 2.46. The molecule has 6 nitrogen and oxygen atoms in total. The molecule has 0 bridgehead atoms. The molecule has 0 spiro atoms. The minimum atomic E-state index is -3.62. The number of piperidine rings is 1. The molecule has 2 rings (SSSR count). The predicted molar refractivity (Wildman–Crippen MR) is 88.2 cm³/mol. The second-order valence-electron chi connectivity index (χ2n) is 5.83. The van der Waals surface area contributed by atoms with Crippen molar-refractivity contribution in [2.75, 3.05) is 26.7 Å². The van der Waals surface area contributed by atoms with Crippen LogP contribution in [0.15, 0.2) is 23.1 Å². The van der Waals surface area contributed by atoms with E-state index >= 15 is 0 Å². The SMILES string of the molecule is Cc1cccc(S(=O)(=O)N2CCC(N(C)CC(=O)O)CC2)c1Cl. The van der Waals surface area contributed by atoms with Crippen LogP contribution >= 0.6 is 11.6 Å². The van der Waals surface area contributed by atoms with Gasteiger partial charge in [-0.3, -0.25) is 9.69 Å². The lowest BCUT2D eigenvalue weighted by molar-refractivity contribution is -0.138. The smallest absolute Gasteiger partial charge is 0.317 e. The monoisotopic (exact) mass is 360 g/mol. The Kier molecular flexibility index (Phi) is 5.67. The number of nitrogens with zero attached hydrogens (tertiary/aromatic N) is 2. The highest BCUT2D eigenvalue weighted by molar-refractivity contribution is 7.89. The first-order chi connectivity index (χ1) is 10.7. The van der Waals surface area contributed by atoms with Gasteiger partial charge in [0, 0.05) is 19.1 Å². The number of halogens is 1. The highest BCUT2D eigenvalue weighted by Gasteiger charge is 2.32. The topological polar surface area (TPSA) is 77.9 Å². The molecule has 0 aliphatic carbocycles. The van der Waals surface area contributed by atoms with E-state index in [0.29, 0.717) is 25.9 Å². The molecular formula is C15H21ClN2O4S. The number of carbonyl (C=O) groups is 1. The van der Waals surface area contributed by atoms with Crippen LogP contribution in [0.2, 0.25) is 5.02 Å². The van der Waals surface area contributed by atoms with E-state index < -0.39 is 16.0 Å². The van der Waals surface area contributed by atoms with Gasteiger partial charge in [0.25, 0.3) is 0 Å². The summed E-state index contributed by atoms with van der Waals surface area (Å²) in [5.74, 6) is -0.880. The van der Waals surface area contributed by atoms with Gasteiger partial charge in [-0.2, -0.15) is 4.31 Å². The number of rotatable bonds is 5. The van der Waals surface area contributed by atoms with Crippen molar-refractivity contribution in [2.24, 2.45) is 0 Å². The van der Waals surface area contributed by atoms with Gasteiger partial charge in [-0.25, -0.2) is 8.42 Å². The number of aliphatic carboxylic acids is 1. The van der Waals surface area contributed by atoms with E-state index in [0.717, 1.165) is 5.56 Å². The van der Waals surface area contributed by atoms with Gasteiger partial charge in [0.1, 0.15) is 4.90 Å². The first-order valence-electron chi connectivity index (χ1n) is 7.40. The molecule has 0 radical (unpaired) electrons.